The first-order chi connectivity index (χ1) is 10.1. The molecule has 21 heavy (non-hydrogen) atoms. The van der Waals surface area contributed by atoms with Crippen molar-refractivity contribution in [2.75, 3.05) is 7.05 Å². The van der Waals surface area contributed by atoms with Gasteiger partial charge in [0, 0.05) is 18.2 Å². The second-order valence-electron chi connectivity index (χ2n) is 5.06. The number of hydrogen-bond donors (Lipinski definition) is 1. The molecule has 1 atom stereocenters. The van der Waals surface area contributed by atoms with E-state index in [9.17, 15) is 10.1 Å². The molecule has 0 aromatic heterocycles. The predicted octanol–water partition coefficient (Wildman–Crippen LogP) is 3.66. The fraction of sp³-hybridized carbons (Fsp3) is 0.294. The van der Waals surface area contributed by atoms with Gasteiger partial charge in [0.25, 0.3) is 5.69 Å². The molecule has 0 spiro atoms. The van der Waals surface area contributed by atoms with Gasteiger partial charge in [-0.05, 0) is 36.6 Å². The van der Waals surface area contributed by atoms with Crippen molar-refractivity contribution in [3.63, 3.8) is 0 Å². The van der Waals surface area contributed by atoms with E-state index in [-0.39, 0.29) is 16.7 Å². The van der Waals surface area contributed by atoms with Crippen LogP contribution >= 0.6 is 0 Å². The molecule has 0 aliphatic rings. The van der Waals surface area contributed by atoms with Crippen LogP contribution in [0.2, 0.25) is 0 Å². The van der Waals surface area contributed by atoms with Gasteiger partial charge < -0.3 is 5.32 Å². The smallest absolute Gasteiger partial charge is 0.269 e. The van der Waals surface area contributed by atoms with Crippen LogP contribution in [0, 0.1) is 10.1 Å². The molecule has 110 valence electrons. The SMILES string of the molecule is CCc1ccc(C(Cc2ccc([N+](=O)[O-])cc2)NC)cc1. The van der Waals surface area contributed by atoms with E-state index < -0.39 is 0 Å². The Morgan fingerprint density at radius 1 is 1.05 bits per heavy atom. The summed E-state index contributed by atoms with van der Waals surface area (Å²) in [7, 11) is 1.93. The number of likely N-dealkylation sites (N-methyl/N-ethyl adjacent to an activating group) is 1. The molecule has 0 amide bonds. The Hall–Kier alpha value is -2.20. The molecular formula is C17H20N2O2. The molecule has 4 nitrogen and oxygen atoms in total. The predicted molar refractivity (Wildman–Crippen MR) is 84.4 cm³/mol. The highest BCUT2D eigenvalue weighted by molar-refractivity contribution is 5.34. The van der Waals surface area contributed by atoms with Gasteiger partial charge in [-0.2, -0.15) is 0 Å². The highest BCUT2D eigenvalue weighted by Gasteiger charge is 2.11. The van der Waals surface area contributed by atoms with Gasteiger partial charge in [-0.1, -0.05) is 43.3 Å². The van der Waals surface area contributed by atoms with E-state index in [1.807, 2.05) is 19.2 Å². The van der Waals surface area contributed by atoms with Gasteiger partial charge in [0.15, 0.2) is 0 Å². The van der Waals surface area contributed by atoms with Crippen LogP contribution in [0.25, 0.3) is 0 Å². The molecule has 1 unspecified atom stereocenters. The fourth-order valence-corrected chi connectivity index (χ4v) is 2.36. The standard InChI is InChI=1S/C17H20N2O2/c1-3-13-4-8-15(9-5-13)17(18-2)12-14-6-10-16(11-7-14)19(20)21/h4-11,17-18H,3,12H2,1-2H3. The molecule has 0 saturated carbocycles. The highest BCUT2D eigenvalue weighted by Crippen LogP contribution is 2.20. The summed E-state index contributed by atoms with van der Waals surface area (Å²) >= 11 is 0. The first kappa shape index (κ1) is 15.2. The van der Waals surface area contributed by atoms with Crippen molar-refractivity contribution in [2.24, 2.45) is 0 Å². The van der Waals surface area contributed by atoms with E-state index in [1.165, 1.54) is 11.1 Å². The lowest BCUT2D eigenvalue weighted by Gasteiger charge is -2.17. The minimum atomic E-state index is -0.372. The summed E-state index contributed by atoms with van der Waals surface area (Å²) in [6.07, 6.45) is 1.84. The molecule has 0 saturated heterocycles. The van der Waals surface area contributed by atoms with Crippen LogP contribution in [-0.4, -0.2) is 12.0 Å². The van der Waals surface area contributed by atoms with Crippen LogP contribution in [0.5, 0.6) is 0 Å². The number of rotatable bonds is 6. The maximum Gasteiger partial charge on any atom is 0.269 e. The lowest BCUT2D eigenvalue weighted by atomic mass is 9.97. The number of non-ortho nitro benzene ring substituents is 1. The number of hydrogen-bond acceptors (Lipinski definition) is 3. The first-order valence-corrected chi connectivity index (χ1v) is 7.13. The maximum absolute atomic E-state index is 10.7. The van der Waals surface area contributed by atoms with Gasteiger partial charge in [0.2, 0.25) is 0 Å². The Morgan fingerprint density at radius 3 is 2.10 bits per heavy atom. The summed E-state index contributed by atoms with van der Waals surface area (Å²) in [5.41, 5.74) is 3.77. The van der Waals surface area contributed by atoms with Crippen LogP contribution in [0.15, 0.2) is 48.5 Å². The molecule has 0 aliphatic heterocycles. The van der Waals surface area contributed by atoms with Crippen LogP contribution in [-0.2, 0) is 12.8 Å². The highest BCUT2D eigenvalue weighted by atomic mass is 16.6. The molecule has 0 bridgehead atoms. The zero-order chi connectivity index (χ0) is 15.2. The third-order valence-electron chi connectivity index (χ3n) is 3.73. The Kier molecular flexibility index (Phi) is 5.06. The van der Waals surface area contributed by atoms with Gasteiger partial charge in [-0.25, -0.2) is 0 Å². The topological polar surface area (TPSA) is 55.2 Å². The van der Waals surface area contributed by atoms with Crippen molar-refractivity contribution in [1.82, 2.24) is 5.32 Å². The summed E-state index contributed by atoms with van der Waals surface area (Å²) < 4.78 is 0. The van der Waals surface area contributed by atoms with Crippen LogP contribution in [0.1, 0.15) is 29.7 Å². The Labute approximate surface area is 125 Å². The average molecular weight is 284 g/mol. The second kappa shape index (κ2) is 6.99. The van der Waals surface area contributed by atoms with E-state index in [4.69, 9.17) is 0 Å². The van der Waals surface area contributed by atoms with Crippen molar-refractivity contribution >= 4 is 5.69 Å². The molecule has 0 fully saturated rings. The third-order valence-corrected chi connectivity index (χ3v) is 3.73. The third kappa shape index (κ3) is 3.89. The summed E-state index contributed by atoms with van der Waals surface area (Å²) in [5.74, 6) is 0. The molecule has 0 heterocycles. The monoisotopic (exact) mass is 284 g/mol. The van der Waals surface area contributed by atoms with Crippen LogP contribution in [0.4, 0.5) is 5.69 Å². The van der Waals surface area contributed by atoms with E-state index >= 15 is 0 Å². The van der Waals surface area contributed by atoms with Gasteiger partial charge >= 0.3 is 0 Å². The number of nitro benzene ring substituents is 1. The lowest BCUT2D eigenvalue weighted by molar-refractivity contribution is -0.384. The normalized spacial score (nSPS) is 12.1. The Bertz CT molecular complexity index is 591. The molecule has 1 N–H and O–H groups in total. The summed E-state index contributed by atoms with van der Waals surface area (Å²) in [4.78, 5) is 10.3. The van der Waals surface area contributed by atoms with Crippen LogP contribution in [0.3, 0.4) is 0 Å². The molecule has 0 aliphatic carbocycles. The van der Waals surface area contributed by atoms with Gasteiger partial charge in [-0.3, -0.25) is 10.1 Å². The number of aryl methyl sites for hydroxylation is 1. The van der Waals surface area contributed by atoms with E-state index in [0.29, 0.717) is 0 Å². The minimum Gasteiger partial charge on any atom is -0.313 e. The lowest BCUT2D eigenvalue weighted by Crippen LogP contribution is -2.18. The molecular weight excluding hydrogens is 264 g/mol. The van der Waals surface area contributed by atoms with Crippen molar-refractivity contribution in [3.8, 4) is 0 Å². The summed E-state index contributed by atoms with van der Waals surface area (Å²) in [6, 6.07) is 15.6. The molecule has 2 aromatic rings. The Morgan fingerprint density at radius 2 is 1.62 bits per heavy atom. The van der Waals surface area contributed by atoms with Crippen molar-refractivity contribution in [2.45, 2.75) is 25.8 Å². The van der Waals surface area contributed by atoms with Crippen LogP contribution < -0.4 is 5.32 Å². The summed E-state index contributed by atoms with van der Waals surface area (Å²) in [6.45, 7) is 2.14. The van der Waals surface area contributed by atoms with E-state index in [0.717, 1.165) is 18.4 Å². The quantitative estimate of drug-likeness (QED) is 0.650. The second-order valence-corrected chi connectivity index (χ2v) is 5.06. The number of nitro groups is 1. The van der Waals surface area contributed by atoms with Crippen molar-refractivity contribution in [1.29, 1.82) is 0 Å². The number of benzene rings is 2. The number of nitrogens with one attached hydrogen (secondary N) is 1. The molecule has 2 aromatic carbocycles. The van der Waals surface area contributed by atoms with Gasteiger partial charge in [0.05, 0.1) is 4.92 Å². The fourth-order valence-electron chi connectivity index (χ4n) is 2.36. The van der Waals surface area contributed by atoms with Crippen molar-refractivity contribution < 1.29 is 4.92 Å². The Balaban J connectivity index is 2.12. The molecule has 4 heteroatoms. The largest absolute Gasteiger partial charge is 0.313 e. The van der Waals surface area contributed by atoms with Gasteiger partial charge in [0.1, 0.15) is 0 Å². The molecule has 0 radical (unpaired) electrons. The van der Waals surface area contributed by atoms with Gasteiger partial charge in [-0.15, -0.1) is 0 Å². The van der Waals surface area contributed by atoms with E-state index in [2.05, 4.69) is 36.5 Å². The first-order valence-electron chi connectivity index (χ1n) is 7.13. The minimum absolute atomic E-state index is 0.132. The number of nitrogens with zero attached hydrogens (tertiary/aromatic N) is 1. The average Bonchev–Trinajstić information content (AvgIpc) is 2.53. The zero-order valence-electron chi connectivity index (χ0n) is 12.4. The van der Waals surface area contributed by atoms with E-state index in [1.54, 1.807) is 12.1 Å². The summed E-state index contributed by atoms with van der Waals surface area (Å²) in [5, 5.41) is 14.0. The molecule has 2 rings (SSSR count). The van der Waals surface area contributed by atoms with Crippen molar-refractivity contribution in [3.05, 3.63) is 75.3 Å². The zero-order valence-corrected chi connectivity index (χ0v) is 12.4. The maximum atomic E-state index is 10.7.